The molecule has 1 aliphatic carbocycles. The average molecular weight is 344 g/mol. The summed E-state index contributed by atoms with van der Waals surface area (Å²) < 4.78 is 5.69. The van der Waals surface area contributed by atoms with E-state index in [4.69, 9.17) is 27.9 Å². The van der Waals surface area contributed by atoms with Gasteiger partial charge in [-0.25, -0.2) is 0 Å². The number of likely N-dealkylation sites (tertiary alicyclic amines) is 1. The first-order chi connectivity index (χ1) is 10.5. The minimum Gasteiger partial charge on any atom is -0.492 e. The van der Waals surface area contributed by atoms with Crippen LogP contribution in [0.1, 0.15) is 19.3 Å². The van der Waals surface area contributed by atoms with Crippen LogP contribution in [0.2, 0.25) is 10.0 Å². The summed E-state index contributed by atoms with van der Waals surface area (Å²) in [5.41, 5.74) is -0.528. The number of benzene rings is 1. The Morgan fingerprint density at radius 3 is 2.73 bits per heavy atom. The van der Waals surface area contributed by atoms with E-state index in [2.05, 4.69) is 4.90 Å². The van der Waals surface area contributed by atoms with Crippen LogP contribution in [0.5, 0.6) is 5.75 Å². The predicted octanol–water partition coefficient (Wildman–Crippen LogP) is 3.56. The molecular formula is C16H19Cl2NO3. The summed E-state index contributed by atoms with van der Waals surface area (Å²) >= 11 is 11.9. The first-order valence-corrected chi connectivity index (χ1v) is 8.30. The second kappa shape index (κ2) is 6.26. The van der Waals surface area contributed by atoms with Crippen LogP contribution in [-0.2, 0) is 4.79 Å². The van der Waals surface area contributed by atoms with Gasteiger partial charge in [-0.15, -0.1) is 0 Å². The zero-order chi connectivity index (χ0) is 15.7. The predicted molar refractivity (Wildman–Crippen MR) is 85.8 cm³/mol. The molecule has 0 aromatic heterocycles. The van der Waals surface area contributed by atoms with Crippen molar-refractivity contribution >= 4 is 29.2 Å². The first kappa shape index (κ1) is 15.9. The molecule has 1 aliphatic heterocycles. The van der Waals surface area contributed by atoms with Crippen molar-refractivity contribution in [1.29, 1.82) is 0 Å². The van der Waals surface area contributed by atoms with E-state index >= 15 is 0 Å². The third kappa shape index (κ3) is 3.05. The third-order valence-electron chi connectivity index (χ3n) is 4.88. The van der Waals surface area contributed by atoms with E-state index in [-0.39, 0.29) is 5.92 Å². The van der Waals surface area contributed by atoms with E-state index in [0.29, 0.717) is 28.9 Å². The molecule has 2 atom stereocenters. The molecule has 0 bridgehead atoms. The Labute approximate surface area is 140 Å². The van der Waals surface area contributed by atoms with E-state index in [1.807, 2.05) is 0 Å². The Morgan fingerprint density at radius 2 is 2.09 bits per heavy atom. The Morgan fingerprint density at radius 1 is 1.36 bits per heavy atom. The SMILES string of the molecule is O=C(O)[C@@]12CCC[C@H]1CN(CCOc1cc(Cl)cc(Cl)c1)C2. The quantitative estimate of drug-likeness (QED) is 0.887. The van der Waals surface area contributed by atoms with Gasteiger partial charge in [-0.3, -0.25) is 9.69 Å². The Bertz CT molecular complexity index is 560. The van der Waals surface area contributed by atoms with Crippen molar-refractivity contribution in [2.45, 2.75) is 19.3 Å². The molecule has 1 aromatic rings. The van der Waals surface area contributed by atoms with Gasteiger partial charge in [0.1, 0.15) is 12.4 Å². The molecule has 1 saturated heterocycles. The first-order valence-electron chi connectivity index (χ1n) is 7.54. The number of carboxylic acid groups (broad SMARTS) is 1. The van der Waals surface area contributed by atoms with Gasteiger partial charge < -0.3 is 9.84 Å². The largest absolute Gasteiger partial charge is 0.492 e. The van der Waals surface area contributed by atoms with Crippen molar-refractivity contribution < 1.29 is 14.6 Å². The molecule has 1 saturated carbocycles. The molecule has 0 unspecified atom stereocenters. The second-order valence-electron chi connectivity index (χ2n) is 6.24. The number of fused-ring (bicyclic) bond motifs is 1. The highest BCUT2D eigenvalue weighted by atomic mass is 35.5. The average Bonchev–Trinajstić information content (AvgIpc) is 2.95. The number of aliphatic carboxylic acids is 1. The van der Waals surface area contributed by atoms with Crippen molar-refractivity contribution in [3.05, 3.63) is 28.2 Å². The zero-order valence-corrected chi connectivity index (χ0v) is 13.7. The topological polar surface area (TPSA) is 49.8 Å². The maximum absolute atomic E-state index is 11.6. The second-order valence-corrected chi connectivity index (χ2v) is 7.11. The molecule has 0 radical (unpaired) electrons. The lowest BCUT2D eigenvalue weighted by Gasteiger charge is -2.23. The van der Waals surface area contributed by atoms with Crippen molar-refractivity contribution in [3.63, 3.8) is 0 Å². The molecule has 22 heavy (non-hydrogen) atoms. The monoisotopic (exact) mass is 343 g/mol. The molecule has 1 N–H and O–H groups in total. The maximum atomic E-state index is 11.6. The van der Waals surface area contributed by atoms with E-state index in [1.54, 1.807) is 18.2 Å². The van der Waals surface area contributed by atoms with Crippen LogP contribution in [0, 0.1) is 11.3 Å². The number of carbonyl (C=O) groups is 1. The molecule has 6 heteroatoms. The van der Waals surface area contributed by atoms with Gasteiger partial charge in [0.2, 0.25) is 0 Å². The summed E-state index contributed by atoms with van der Waals surface area (Å²) in [5.74, 6) is 0.287. The number of carboxylic acids is 1. The highest BCUT2D eigenvalue weighted by Crippen LogP contribution is 2.48. The molecule has 0 amide bonds. The van der Waals surface area contributed by atoms with Gasteiger partial charge in [0.15, 0.2) is 0 Å². The molecular weight excluding hydrogens is 325 g/mol. The lowest BCUT2D eigenvalue weighted by Crippen LogP contribution is -2.36. The van der Waals surface area contributed by atoms with Crippen LogP contribution in [-0.4, -0.2) is 42.2 Å². The van der Waals surface area contributed by atoms with Crippen LogP contribution >= 0.6 is 23.2 Å². The van der Waals surface area contributed by atoms with Gasteiger partial charge in [0.25, 0.3) is 0 Å². The van der Waals surface area contributed by atoms with Crippen molar-refractivity contribution in [3.8, 4) is 5.75 Å². The highest BCUT2D eigenvalue weighted by molar-refractivity contribution is 6.34. The maximum Gasteiger partial charge on any atom is 0.311 e. The number of rotatable bonds is 5. The summed E-state index contributed by atoms with van der Waals surface area (Å²) in [5, 5.41) is 10.7. The third-order valence-corrected chi connectivity index (χ3v) is 5.32. The number of halogens is 2. The zero-order valence-electron chi connectivity index (χ0n) is 12.2. The van der Waals surface area contributed by atoms with Crippen molar-refractivity contribution in [2.75, 3.05) is 26.2 Å². The van der Waals surface area contributed by atoms with E-state index in [1.165, 1.54) is 0 Å². The lowest BCUT2D eigenvalue weighted by molar-refractivity contribution is -0.149. The summed E-state index contributed by atoms with van der Waals surface area (Å²) in [6.07, 6.45) is 2.85. The number of ether oxygens (including phenoxy) is 1. The Kier molecular flexibility index (Phi) is 4.53. The fraction of sp³-hybridized carbons (Fsp3) is 0.562. The molecule has 1 aromatic carbocycles. The smallest absolute Gasteiger partial charge is 0.311 e. The van der Waals surface area contributed by atoms with E-state index < -0.39 is 11.4 Å². The van der Waals surface area contributed by atoms with Crippen LogP contribution in [0.25, 0.3) is 0 Å². The van der Waals surface area contributed by atoms with Crippen molar-refractivity contribution in [2.24, 2.45) is 11.3 Å². The molecule has 1 heterocycles. The highest BCUT2D eigenvalue weighted by Gasteiger charge is 2.54. The van der Waals surface area contributed by atoms with Crippen LogP contribution < -0.4 is 4.74 Å². The van der Waals surface area contributed by atoms with E-state index in [0.717, 1.165) is 32.4 Å². The van der Waals surface area contributed by atoms with Gasteiger partial charge in [0, 0.05) is 29.7 Å². The summed E-state index contributed by atoms with van der Waals surface area (Å²) in [7, 11) is 0. The molecule has 120 valence electrons. The van der Waals surface area contributed by atoms with Crippen LogP contribution in [0.3, 0.4) is 0 Å². The minimum absolute atomic E-state index is 0.283. The van der Waals surface area contributed by atoms with Crippen LogP contribution in [0.4, 0.5) is 0 Å². The van der Waals surface area contributed by atoms with Crippen LogP contribution in [0.15, 0.2) is 18.2 Å². The van der Waals surface area contributed by atoms with E-state index in [9.17, 15) is 9.90 Å². The normalized spacial score (nSPS) is 27.8. The summed E-state index contributed by atoms with van der Waals surface area (Å²) in [4.78, 5) is 13.8. The van der Waals surface area contributed by atoms with Gasteiger partial charge in [0.05, 0.1) is 5.41 Å². The lowest BCUT2D eigenvalue weighted by atomic mass is 9.81. The number of nitrogens with zero attached hydrogens (tertiary/aromatic N) is 1. The van der Waals surface area contributed by atoms with Gasteiger partial charge >= 0.3 is 5.97 Å². The van der Waals surface area contributed by atoms with Gasteiger partial charge in [-0.05, 0) is 37.0 Å². The van der Waals surface area contributed by atoms with Crippen molar-refractivity contribution in [1.82, 2.24) is 4.90 Å². The number of hydrogen-bond acceptors (Lipinski definition) is 3. The Balaban J connectivity index is 1.54. The fourth-order valence-electron chi connectivity index (χ4n) is 3.82. The molecule has 2 fully saturated rings. The van der Waals surface area contributed by atoms with Gasteiger partial charge in [-0.2, -0.15) is 0 Å². The number of hydrogen-bond donors (Lipinski definition) is 1. The summed E-state index contributed by atoms with van der Waals surface area (Å²) in [6, 6.07) is 5.12. The minimum atomic E-state index is -0.639. The molecule has 4 nitrogen and oxygen atoms in total. The molecule has 3 rings (SSSR count). The fourth-order valence-corrected chi connectivity index (χ4v) is 4.32. The Hall–Kier alpha value is -0.970. The standard InChI is InChI=1S/C16H19Cl2NO3/c17-12-6-13(18)8-14(7-12)22-5-4-19-9-11-2-1-3-16(11,10-19)15(20)21/h6-8,11H,1-5,9-10H2,(H,20,21)/t11-,16+/m0/s1. The molecule has 0 spiro atoms. The van der Waals surface area contributed by atoms with Gasteiger partial charge in [-0.1, -0.05) is 29.6 Å². The summed E-state index contributed by atoms with van der Waals surface area (Å²) in [6.45, 7) is 2.70. The molecule has 2 aliphatic rings.